The van der Waals surface area contributed by atoms with Crippen molar-refractivity contribution in [2.75, 3.05) is 14.2 Å². The first-order chi connectivity index (χ1) is 63.5. The fraction of sp³-hybridized carbons (Fsp3) is 0.694. The molecule has 0 aromatic heterocycles. The van der Waals surface area contributed by atoms with Crippen LogP contribution in [0.1, 0.15) is 405 Å². The van der Waals surface area contributed by atoms with Gasteiger partial charge in [-0.2, -0.15) is 0 Å². The second-order valence-corrected chi connectivity index (χ2v) is 46.9. The summed E-state index contributed by atoms with van der Waals surface area (Å²) in [6, 6.07) is 50.2. The summed E-state index contributed by atoms with van der Waals surface area (Å²) >= 11 is 0. The number of carbonyl (C=O) groups excluding carboxylic acids is 1. The molecule has 16 saturated carbocycles. The Hall–Kier alpha value is -6.37. The summed E-state index contributed by atoms with van der Waals surface area (Å²) in [7, 11) is 3.66. The molecule has 15 unspecified atom stereocenters. The van der Waals surface area contributed by atoms with Crippen LogP contribution >= 0.6 is 0 Å². The van der Waals surface area contributed by atoms with Crippen LogP contribution < -0.4 is 23.7 Å². The van der Waals surface area contributed by atoms with E-state index in [2.05, 4.69) is 227 Å². The van der Waals surface area contributed by atoms with Gasteiger partial charge >= 0.3 is 5.97 Å². The highest BCUT2D eigenvalue weighted by molar-refractivity contribution is 5.76. The van der Waals surface area contributed by atoms with Gasteiger partial charge in [-0.05, 0) is 416 Å². The molecule has 0 spiro atoms. The quantitative estimate of drug-likeness (QED) is 0.0247. The van der Waals surface area contributed by atoms with Crippen LogP contribution in [0, 0.1) is 111 Å². The fourth-order valence-corrected chi connectivity index (χ4v) is 28.1. The lowest BCUT2D eigenvalue weighted by Crippen LogP contribution is -2.53. The Bertz CT molecular complexity index is 4200. The van der Waals surface area contributed by atoms with E-state index in [1.807, 2.05) is 38.5 Å². The number of methoxy groups -OCH3 is 2. The lowest BCUT2D eigenvalue weighted by molar-refractivity contribution is -0.204. The van der Waals surface area contributed by atoms with Crippen LogP contribution in [0.5, 0.6) is 34.5 Å². The zero-order valence-electron chi connectivity index (χ0n) is 85.6. The van der Waals surface area contributed by atoms with E-state index < -0.39 is 0 Å². The Balaban J connectivity index is 0.000000129. The number of carbonyl (C=O) groups is 1. The zero-order chi connectivity index (χ0) is 93.5. The van der Waals surface area contributed by atoms with Gasteiger partial charge in [0, 0.05) is 37.4 Å². The van der Waals surface area contributed by atoms with Crippen molar-refractivity contribution in [1.29, 1.82) is 0 Å². The summed E-state index contributed by atoms with van der Waals surface area (Å²) in [4.78, 5) is 12.8. The number of hydrogen-bond donors (Lipinski definition) is 1. The van der Waals surface area contributed by atoms with Crippen LogP contribution in [-0.2, 0) is 23.7 Å². The number of ether oxygens (including phenoxy) is 9. The van der Waals surface area contributed by atoms with E-state index in [0.717, 1.165) is 125 Å². The minimum absolute atomic E-state index is 0.0371. The lowest BCUT2D eigenvalue weighted by Gasteiger charge is -2.58. The summed E-state index contributed by atoms with van der Waals surface area (Å²) in [6.07, 6.45) is 44.6. The van der Waals surface area contributed by atoms with Gasteiger partial charge in [0.15, 0.2) is 0 Å². The number of rotatable bonds is 32. The largest absolute Gasteiger partial charge is 0.508 e. The monoisotopic (exact) mass is 1810 g/mol. The smallest absolute Gasteiger partial charge is 0.314 e. The first-order valence-corrected chi connectivity index (χ1v) is 54.1. The summed E-state index contributed by atoms with van der Waals surface area (Å²) in [5, 5.41) is 9.01. The van der Waals surface area contributed by atoms with Crippen LogP contribution in [0.2, 0.25) is 0 Å². The summed E-state index contributed by atoms with van der Waals surface area (Å²) in [5.74, 6) is 21.2. The molecule has 16 aliphatic rings. The van der Waals surface area contributed by atoms with E-state index in [1.54, 1.807) is 12.1 Å². The summed E-state index contributed by atoms with van der Waals surface area (Å²) in [6.45, 7) is 38.0. The molecule has 1 N–H and O–H groups in total. The van der Waals surface area contributed by atoms with Crippen molar-refractivity contribution in [3.05, 3.63) is 179 Å². The maximum absolute atomic E-state index is 12.8. The second-order valence-electron chi connectivity index (χ2n) is 46.9. The minimum atomic E-state index is -0.150. The number of esters is 1. The summed E-state index contributed by atoms with van der Waals surface area (Å²) in [5.41, 5.74) is 8.90. The third-order valence-corrected chi connectivity index (χ3v) is 35.6. The predicted octanol–water partition coefficient (Wildman–Crippen LogP) is 32.7. The molecular weight excluding hydrogens is 1630 g/mol. The highest BCUT2D eigenvalue weighted by Gasteiger charge is 2.59. The Kier molecular flexibility index (Phi) is 36.0. The number of phenolic OH excluding ortho intramolecular Hbond substituents is 1. The van der Waals surface area contributed by atoms with Crippen molar-refractivity contribution in [2.45, 2.75) is 409 Å². The average Bonchev–Trinajstić information content (AvgIpc) is 0.896. The molecule has 11 heteroatoms. The molecule has 0 aliphatic heterocycles. The molecule has 0 saturated heterocycles. The van der Waals surface area contributed by atoms with E-state index in [9.17, 15) is 4.79 Å². The van der Waals surface area contributed by atoms with Crippen molar-refractivity contribution >= 4 is 5.97 Å². The molecule has 6 aromatic rings. The molecule has 0 radical (unpaired) electrons. The molecule has 6 aromatic carbocycles. The van der Waals surface area contributed by atoms with Crippen molar-refractivity contribution in [3.63, 3.8) is 0 Å². The van der Waals surface area contributed by atoms with E-state index >= 15 is 0 Å². The Morgan fingerprint density at radius 3 is 1.04 bits per heavy atom. The molecule has 14 bridgehead atoms. The average molecular weight is 1810 g/mol. The Morgan fingerprint density at radius 2 is 0.689 bits per heavy atom. The van der Waals surface area contributed by atoms with Gasteiger partial charge in [0.2, 0.25) is 25.2 Å². The molecule has 22 rings (SSSR count). The van der Waals surface area contributed by atoms with Gasteiger partial charge in [-0.1, -0.05) is 216 Å². The van der Waals surface area contributed by atoms with Gasteiger partial charge < -0.3 is 47.7 Å². The second kappa shape index (κ2) is 46.9. The molecule has 0 heterocycles. The molecule has 11 nitrogen and oxygen atoms in total. The normalized spacial score (nSPS) is 31.0. The van der Waals surface area contributed by atoms with Crippen molar-refractivity contribution in [3.8, 4) is 34.5 Å². The third kappa shape index (κ3) is 26.2. The van der Waals surface area contributed by atoms with Crippen molar-refractivity contribution < 1.29 is 52.5 Å². The Morgan fingerprint density at radius 1 is 0.356 bits per heavy atom. The Labute approximate surface area is 801 Å². The molecule has 16 fully saturated rings. The van der Waals surface area contributed by atoms with Crippen LogP contribution in [0.4, 0.5) is 0 Å². The topological polar surface area (TPSA) is 120 Å². The standard InChI is InChI=1S/C24H36O2.2C22H32O2.C22H36O2.C21H28O2.C10H14O/c1-5-16(4)17-9-11-19(12-10-17)25-24(15(2)3)26-23-14-18-13-22(23)21-8-6-7-20(18)21;2*1-4-15(2)19-5-7-20(8-6-19)24-21(23-3)22-12-16-9-17(13-22)11-18(10-16)14-22;1-6-17(2)18-12-14-20(15-13-18)24-21(16-22(3,4)5)23-19-10-8-7-9-11-19;1-3-13(2)16-4-6-19(7-5-16)23-21(22)20-17-9-14-8-15(11-17)12-18(20)10-14;1-3-8(2)9-4-6-10(11)7-5-9/h9-12,15-16,18,20-24H,5-8,13-14H2,1-4H3;2*5-8,15-18,21H,4,9-14H2,1-3H3;12-15,17,19,21H,6-11,16H2,1-5H3;4-7,13-15,17-18,20H,3,8-12H2,1-2H3;4-8,11H,3H2,1-2H3. The number of fused-ring (bicyclic) bond motifs is 5. The molecule has 15 atom stereocenters. The van der Waals surface area contributed by atoms with Crippen molar-refractivity contribution in [2.24, 2.45) is 111 Å². The van der Waals surface area contributed by atoms with Crippen molar-refractivity contribution in [1.82, 2.24) is 0 Å². The highest BCUT2D eigenvalue weighted by atomic mass is 16.7. The lowest BCUT2D eigenvalue weighted by atomic mass is 9.49. The maximum Gasteiger partial charge on any atom is 0.314 e. The molecule has 132 heavy (non-hydrogen) atoms. The van der Waals surface area contributed by atoms with Crippen LogP contribution in [-0.4, -0.2) is 62.7 Å². The third-order valence-electron chi connectivity index (χ3n) is 35.6. The van der Waals surface area contributed by atoms with Gasteiger partial charge in [0.1, 0.15) is 34.5 Å². The molecular formula is C121H178O11. The van der Waals surface area contributed by atoms with E-state index in [-0.39, 0.29) is 53.3 Å². The highest BCUT2D eigenvalue weighted by Crippen LogP contribution is 2.65. The molecule has 0 amide bonds. The minimum Gasteiger partial charge on any atom is -0.508 e. The van der Waals surface area contributed by atoms with Gasteiger partial charge in [0.25, 0.3) is 0 Å². The number of hydrogen-bond acceptors (Lipinski definition) is 11. The first-order valence-electron chi connectivity index (χ1n) is 54.1. The number of benzene rings is 6. The van der Waals surface area contributed by atoms with Crippen LogP contribution in [0.3, 0.4) is 0 Å². The van der Waals surface area contributed by atoms with E-state index in [4.69, 9.17) is 47.7 Å². The SMILES string of the molecule is CCC(C)c1ccc(O)cc1.CCC(C)c1ccc(OC(=O)C2C3CC4CC(C3)CC2C4)cc1.CCC(C)c1ccc(OC(CC(C)(C)C)OC2CCCCC2)cc1.CCC(C)c1ccc(OC(OC)C23CC4CC(CC(C4)C2)C3)cc1.CCC(C)c1ccc(OC(OC)C23CC4CC(CC(C4)C2)C3)cc1.CCC(C)c1ccc(OC(OC2CC3CC2C2CCCC32)C(C)C)cc1. The van der Waals surface area contributed by atoms with Crippen LogP contribution in [0.25, 0.3) is 0 Å². The maximum atomic E-state index is 12.8. The summed E-state index contributed by atoms with van der Waals surface area (Å²) < 4.78 is 55.9. The molecule has 728 valence electrons. The number of aromatic hydroxyl groups is 1. The number of phenols is 1. The predicted molar refractivity (Wildman–Crippen MR) is 540 cm³/mol. The van der Waals surface area contributed by atoms with Crippen LogP contribution in [0.15, 0.2) is 146 Å². The fourth-order valence-electron chi connectivity index (χ4n) is 28.1. The van der Waals surface area contributed by atoms with Gasteiger partial charge in [0.05, 0.1) is 18.1 Å². The van der Waals surface area contributed by atoms with E-state index in [0.29, 0.717) is 71.2 Å². The van der Waals surface area contributed by atoms with Gasteiger partial charge in [-0.3, -0.25) is 4.79 Å². The van der Waals surface area contributed by atoms with Gasteiger partial charge in [-0.15, -0.1) is 0 Å². The molecule has 16 aliphatic carbocycles. The first kappa shape index (κ1) is 102. The van der Waals surface area contributed by atoms with Gasteiger partial charge in [-0.25, -0.2) is 0 Å². The zero-order valence-corrected chi connectivity index (χ0v) is 85.6. The van der Waals surface area contributed by atoms with E-state index in [1.165, 1.54) is 226 Å².